The maximum Gasteiger partial charge on any atom is 0.119 e. The van der Waals surface area contributed by atoms with Crippen molar-refractivity contribution in [2.45, 2.75) is 26.0 Å². The molecule has 0 fully saturated rings. The van der Waals surface area contributed by atoms with Gasteiger partial charge in [0.1, 0.15) is 11.5 Å². The van der Waals surface area contributed by atoms with Gasteiger partial charge in [0.05, 0.1) is 19.3 Å². The van der Waals surface area contributed by atoms with Crippen LogP contribution in [0.4, 0.5) is 0 Å². The fourth-order valence-corrected chi connectivity index (χ4v) is 2.59. The van der Waals surface area contributed by atoms with E-state index in [1.165, 1.54) is 0 Å². The zero-order valence-electron chi connectivity index (χ0n) is 12.5. The van der Waals surface area contributed by atoms with Gasteiger partial charge in [0.2, 0.25) is 0 Å². The number of halogens is 1. The third-order valence-corrected chi connectivity index (χ3v) is 3.87. The molecule has 0 saturated heterocycles. The van der Waals surface area contributed by atoms with Crippen LogP contribution in [0, 0.1) is 0 Å². The number of ether oxygens (including phenoxy) is 2. The molecule has 2 N–H and O–H groups in total. The van der Waals surface area contributed by atoms with Gasteiger partial charge in [-0.15, -0.1) is 0 Å². The van der Waals surface area contributed by atoms with E-state index in [2.05, 4.69) is 15.9 Å². The van der Waals surface area contributed by atoms with Crippen LogP contribution in [0.5, 0.6) is 11.5 Å². The Morgan fingerprint density at radius 1 is 1.00 bits per heavy atom. The lowest BCUT2D eigenvalue weighted by Gasteiger charge is -2.16. The molecule has 2 rings (SSSR count). The zero-order chi connectivity index (χ0) is 15.4. The average Bonchev–Trinajstić information content (AvgIpc) is 2.47. The average molecular weight is 350 g/mol. The molecule has 0 aliphatic heterocycles. The molecule has 0 aliphatic carbocycles. The van der Waals surface area contributed by atoms with Crippen LogP contribution in [0.15, 0.2) is 46.9 Å². The third kappa shape index (κ3) is 3.99. The Balaban J connectivity index is 2.25. The Bertz CT molecular complexity index is 596. The van der Waals surface area contributed by atoms with E-state index in [0.29, 0.717) is 0 Å². The van der Waals surface area contributed by atoms with Gasteiger partial charge < -0.3 is 15.2 Å². The summed E-state index contributed by atoms with van der Waals surface area (Å²) in [5.74, 6) is 1.65. The molecule has 1 unspecified atom stereocenters. The van der Waals surface area contributed by atoms with Gasteiger partial charge in [-0.05, 0) is 55.3 Å². The summed E-state index contributed by atoms with van der Waals surface area (Å²) < 4.78 is 11.9. The molecule has 0 saturated carbocycles. The number of benzene rings is 2. The molecule has 112 valence electrons. The minimum Gasteiger partial charge on any atom is -0.497 e. The molecule has 0 bridgehead atoms. The van der Waals surface area contributed by atoms with Crippen molar-refractivity contribution in [2.75, 3.05) is 7.11 Å². The second-order valence-corrected chi connectivity index (χ2v) is 5.96. The highest BCUT2D eigenvalue weighted by molar-refractivity contribution is 9.10. The molecule has 1 atom stereocenters. The molecule has 4 heteroatoms. The number of rotatable bonds is 5. The van der Waals surface area contributed by atoms with Crippen molar-refractivity contribution in [3.63, 3.8) is 0 Å². The maximum atomic E-state index is 6.37. The van der Waals surface area contributed by atoms with E-state index in [-0.39, 0.29) is 12.1 Å². The van der Waals surface area contributed by atoms with Crippen LogP contribution in [0.25, 0.3) is 0 Å². The summed E-state index contributed by atoms with van der Waals surface area (Å²) in [6.45, 7) is 4.01. The largest absolute Gasteiger partial charge is 0.497 e. The smallest absolute Gasteiger partial charge is 0.119 e. The molecule has 2 aromatic carbocycles. The van der Waals surface area contributed by atoms with Gasteiger partial charge in [-0.3, -0.25) is 0 Å². The normalized spacial score (nSPS) is 12.3. The summed E-state index contributed by atoms with van der Waals surface area (Å²) in [6.07, 6.45) is 0.164. The molecule has 0 aromatic heterocycles. The van der Waals surface area contributed by atoms with Gasteiger partial charge in [-0.25, -0.2) is 0 Å². The molecule has 3 nitrogen and oxygen atoms in total. The van der Waals surface area contributed by atoms with Crippen LogP contribution in [0.3, 0.4) is 0 Å². The summed E-state index contributed by atoms with van der Waals surface area (Å²) in [6, 6.07) is 13.5. The van der Waals surface area contributed by atoms with Crippen molar-refractivity contribution >= 4 is 15.9 Å². The first kappa shape index (κ1) is 15.9. The Hall–Kier alpha value is -1.52. The van der Waals surface area contributed by atoms with Gasteiger partial charge in [0.15, 0.2) is 0 Å². The summed E-state index contributed by atoms with van der Waals surface area (Å²) in [5, 5.41) is 0. The standard InChI is InChI=1S/C17H20BrNO2/c1-11(2)21-13-6-4-12(5-7-13)17(19)15-10-14(20-3)8-9-16(15)18/h4-11,17H,19H2,1-3H3. The van der Waals surface area contributed by atoms with Crippen molar-refractivity contribution < 1.29 is 9.47 Å². The Morgan fingerprint density at radius 3 is 2.19 bits per heavy atom. The lowest BCUT2D eigenvalue weighted by Crippen LogP contribution is -2.13. The van der Waals surface area contributed by atoms with Crippen molar-refractivity contribution in [1.29, 1.82) is 0 Å². The molecule has 0 heterocycles. The van der Waals surface area contributed by atoms with Crippen molar-refractivity contribution in [1.82, 2.24) is 0 Å². The minimum atomic E-state index is -0.220. The fraction of sp³-hybridized carbons (Fsp3) is 0.294. The first-order valence-corrected chi connectivity index (χ1v) is 7.66. The molecular weight excluding hydrogens is 330 g/mol. The summed E-state index contributed by atoms with van der Waals surface area (Å²) in [7, 11) is 1.65. The number of hydrogen-bond donors (Lipinski definition) is 1. The highest BCUT2D eigenvalue weighted by Crippen LogP contribution is 2.31. The predicted molar refractivity (Wildman–Crippen MR) is 88.9 cm³/mol. The first-order valence-electron chi connectivity index (χ1n) is 6.87. The SMILES string of the molecule is COc1ccc(Br)c(C(N)c2ccc(OC(C)C)cc2)c1. The molecular formula is C17H20BrNO2. The van der Waals surface area contributed by atoms with E-state index in [9.17, 15) is 0 Å². The zero-order valence-corrected chi connectivity index (χ0v) is 14.1. The number of hydrogen-bond acceptors (Lipinski definition) is 3. The van der Waals surface area contributed by atoms with E-state index in [1.54, 1.807) is 7.11 Å². The third-order valence-electron chi connectivity index (χ3n) is 3.15. The molecule has 0 radical (unpaired) electrons. The van der Waals surface area contributed by atoms with Crippen LogP contribution in [-0.2, 0) is 0 Å². The lowest BCUT2D eigenvalue weighted by molar-refractivity contribution is 0.242. The highest BCUT2D eigenvalue weighted by Gasteiger charge is 2.13. The van der Waals surface area contributed by atoms with E-state index < -0.39 is 0 Å². The monoisotopic (exact) mass is 349 g/mol. The molecule has 2 aromatic rings. The Morgan fingerprint density at radius 2 is 1.62 bits per heavy atom. The molecule has 0 spiro atoms. The van der Waals surface area contributed by atoms with Crippen LogP contribution >= 0.6 is 15.9 Å². The van der Waals surface area contributed by atoms with E-state index in [1.807, 2.05) is 56.3 Å². The van der Waals surface area contributed by atoms with Crippen LogP contribution < -0.4 is 15.2 Å². The Labute approximate surface area is 134 Å². The fourth-order valence-electron chi connectivity index (χ4n) is 2.09. The molecule has 0 aliphatic rings. The quantitative estimate of drug-likeness (QED) is 0.875. The van der Waals surface area contributed by atoms with E-state index in [0.717, 1.165) is 27.1 Å². The second-order valence-electron chi connectivity index (χ2n) is 5.10. The first-order chi connectivity index (χ1) is 10.0. The maximum absolute atomic E-state index is 6.37. The van der Waals surface area contributed by atoms with E-state index in [4.69, 9.17) is 15.2 Å². The lowest BCUT2D eigenvalue weighted by atomic mass is 9.99. The number of nitrogens with two attached hydrogens (primary N) is 1. The number of methoxy groups -OCH3 is 1. The topological polar surface area (TPSA) is 44.5 Å². The summed E-state index contributed by atoms with van der Waals surface area (Å²) >= 11 is 3.54. The second kappa shape index (κ2) is 6.96. The van der Waals surface area contributed by atoms with Gasteiger partial charge >= 0.3 is 0 Å². The van der Waals surface area contributed by atoms with Crippen LogP contribution in [0.2, 0.25) is 0 Å². The minimum absolute atomic E-state index is 0.164. The predicted octanol–water partition coefficient (Wildman–Crippen LogP) is 4.29. The summed E-state index contributed by atoms with van der Waals surface area (Å²) in [4.78, 5) is 0. The van der Waals surface area contributed by atoms with Crippen molar-refractivity contribution in [2.24, 2.45) is 5.73 Å². The van der Waals surface area contributed by atoms with Gasteiger partial charge in [0, 0.05) is 4.47 Å². The van der Waals surface area contributed by atoms with Gasteiger partial charge in [0.25, 0.3) is 0 Å². The Kier molecular flexibility index (Phi) is 5.26. The van der Waals surface area contributed by atoms with E-state index >= 15 is 0 Å². The van der Waals surface area contributed by atoms with Gasteiger partial charge in [-0.2, -0.15) is 0 Å². The van der Waals surface area contributed by atoms with Crippen LogP contribution in [0.1, 0.15) is 31.0 Å². The van der Waals surface area contributed by atoms with Crippen molar-refractivity contribution in [3.05, 3.63) is 58.1 Å². The molecule has 21 heavy (non-hydrogen) atoms. The van der Waals surface area contributed by atoms with Gasteiger partial charge in [-0.1, -0.05) is 28.1 Å². The highest BCUT2D eigenvalue weighted by atomic mass is 79.9. The van der Waals surface area contributed by atoms with Crippen LogP contribution in [-0.4, -0.2) is 13.2 Å². The molecule has 0 amide bonds. The van der Waals surface area contributed by atoms with Crippen molar-refractivity contribution in [3.8, 4) is 11.5 Å². The summed E-state index contributed by atoms with van der Waals surface area (Å²) in [5.41, 5.74) is 8.39.